The maximum atomic E-state index is 10.4. The zero-order valence-corrected chi connectivity index (χ0v) is 8.06. The first-order valence-corrected chi connectivity index (χ1v) is 4.35. The van der Waals surface area contributed by atoms with Crippen LogP contribution in [0.1, 0.15) is 11.7 Å². The van der Waals surface area contributed by atoms with E-state index in [0.29, 0.717) is 10.5 Å². The predicted molar refractivity (Wildman–Crippen MR) is 52.3 cm³/mol. The summed E-state index contributed by atoms with van der Waals surface area (Å²) in [5.74, 6) is -1.45. The molecule has 4 nitrogen and oxygen atoms in total. The van der Waals surface area contributed by atoms with E-state index in [0.717, 1.165) is 0 Å². The number of carbonyl (C=O) groups is 1. The van der Waals surface area contributed by atoms with Crippen molar-refractivity contribution in [2.24, 2.45) is 0 Å². The van der Waals surface area contributed by atoms with Gasteiger partial charge in [-0.3, -0.25) is 0 Å². The minimum absolute atomic E-state index is 0.345. The average Bonchev–Trinajstić information content (AvgIpc) is 2.16. The van der Waals surface area contributed by atoms with E-state index in [2.05, 4.69) is 12.6 Å². The smallest absolute Gasteiger partial charge is 0.335 e. The summed E-state index contributed by atoms with van der Waals surface area (Å²) in [6.45, 7) is 0. The van der Waals surface area contributed by atoms with E-state index in [-0.39, 0.29) is 0 Å². The van der Waals surface area contributed by atoms with Crippen molar-refractivity contribution < 1.29 is 20.1 Å². The highest BCUT2D eigenvalue weighted by atomic mass is 32.1. The lowest BCUT2D eigenvalue weighted by molar-refractivity contribution is -0.153. The van der Waals surface area contributed by atoms with Gasteiger partial charge in [0.05, 0.1) is 0 Å². The zero-order valence-electron chi connectivity index (χ0n) is 7.16. The molecule has 0 heterocycles. The maximum absolute atomic E-state index is 10.4. The van der Waals surface area contributed by atoms with Gasteiger partial charge in [0.1, 0.15) is 6.10 Å². The molecule has 0 radical (unpaired) electrons. The first-order chi connectivity index (χ1) is 6.52. The second-order valence-corrected chi connectivity index (χ2v) is 3.34. The number of aliphatic carboxylic acids is 1. The summed E-state index contributed by atoms with van der Waals surface area (Å²) in [5, 5.41) is 26.9. The van der Waals surface area contributed by atoms with E-state index >= 15 is 0 Å². The van der Waals surface area contributed by atoms with Crippen LogP contribution >= 0.6 is 12.6 Å². The van der Waals surface area contributed by atoms with Crippen LogP contribution in [0.3, 0.4) is 0 Å². The summed E-state index contributed by atoms with van der Waals surface area (Å²) in [7, 11) is 0. The molecule has 76 valence electrons. The number of hydrogen-bond acceptors (Lipinski definition) is 4. The molecule has 1 rings (SSSR count). The number of aliphatic hydroxyl groups is 2. The summed E-state index contributed by atoms with van der Waals surface area (Å²) < 4.78 is 0. The molecule has 0 saturated carbocycles. The quantitative estimate of drug-likeness (QED) is 0.551. The third-order valence-electron chi connectivity index (χ3n) is 1.79. The van der Waals surface area contributed by atoms with Crippen LogP contribution in [0.5, 0.6) is 0 Å². The summed E-state index contributed by atoms with van der Waals surface area (Å²) in [6.07, 6.45) is -3.22. The molecule has 1 aromatic rings. The van der Waals surface area contributed by atoms with Crippen molar-refractivity contribution in [2.45, 2.75) is 17.1 Å². The Morgan fingerprint density at radius 2 is 1.71 bits per heavy atom. The number of thiol groups is 1. The van der Waals surface area contributed by atoms with Crippen LogP contribution in [-0.4, -0.2) is 27.4 Å². The van der Waals surface area contributed by atoms with Gasteiger partial charge in [-0.05, 0) is 17.7 Å². The predicted octanol–water partition coefficient (Wildman–Crippen LogP) is 0.454. The average molecular weight is 214 g/mol. The van der Waals surface area contributed by atoms with Crippen LogP contribution in [0.4, 0.5) is 0 Å². The van der Waals surface area contributed by atoms with Crippen molar-refractivity contribution in [3.05, 3.63) is 29.8 Å². The fourth-order valence-electron chi connectivity index (χ4n) is 0.989. The van der Waals surface area contributed by atoms with Crippen LogP contribution in [0.15, 0.2) is 29.2 Å². The highest BCUT2D eigenvalue weighted by Gasteiger charge is 2.24. The van der Waals surface area contributed by atoms with E-state index in [1.807, 2.05) is 0 Å². The number of hydrogen-bond donors (Lipinski definition) is 4. The van der Waals surface area contributed by atoms with Crippen LogP contribution in [0.2, 0.25) is 0 Å². The van der Waals surface area contributed by atoms with Gasteiger partial charge >= 0.3 is 5.97 Å². The van der Waals surface area contributed by atoms with Gasteiger partial charge in [0.15, 0.2) is 6.10 Å². The normalized spacial score (nSPS) is 14.8. The molecule has 0 fully saturated rings. The van der Waals surface area contributed by atoms with E-state index in [1.165, 1.54) is 12.1 Å². The minimum Gasteiger partial charge on any atom is -0.479 e. The molecule has 2 unspecified atom stereocenters. The third-order valence-corrected chi connectivity index (χ3v) is 2.08. The highest BCUT2D eigenvalue weighted by Crippen LogP contribution is 2.18. The first-order valence-electron chi connectivity index (χ1n) is 3.90. The molecule has 0 bridgehead atoms. The van der Waals surface area contributed by atoms with Crippen molar-refractivity contribution in [1.29, 1.82) is 0 Å². The van der Waals surface area contributed by atoms with Gasteiger partial charge in [-0.2, -0.15) is 0 Å². The summed E-state index contributed by atoms with van der Waals surface area (Å²) in [4.78, 5) is 11.1. The largest absolute Gasteiger partial charge is 0.479 e. The van der Waals surface area contributed by atoms with Crippen molar-refractivity contribution in [3.8, 4) is 0 Å². The molecule has 5 heteroatoms. The number of carboxylic acids is 1. The second kappa shape index (κ2) is 4.45. The Kier molecular flexibility index (Phi) is 3.51. The number of rotatable bonds is 3. The van der Waals surface area contributed by atoms with Gasteiger partial charge < -0.3 is 15.3 Å². The van der Waals surface area contributed by atoms with Crippen LogP contribution in [0, 0.1) is 0 Å². The molecule has 14 heavy (non-hydrogen) atoms. The number of carboxylic acid groups (broad SMARTS) is 1. The van der Waals surface area contributed by atoms with Gasteiger partial charge in [-0.15, -0.1) is 12.6 Å². The highest BCUT2D eigenvalue weighted by molar-refractivity contribution is 7.80. The molecular weight excluding hydrogens is 204 g/mol. The van der Waals surface area contributed by atoms with Gasteiger partial charge in [-0.25, -0.2) is 4.79 Å². The second-order valence-electron chi connectivity index (χ2n) is 2.82. The van der Waals surface area contributed by atoms with E-state index < -0.39 is 18.2 Å². The topological polar surface area (TPSA) is 77.8 Å². The Labute approximate surface area is 86.2 Å². The molecule has 3 N–H and O–H groups in total. The monoisotopic (exact) mass is 214 g/mol. The van der Waals surface area contributed by atoms with Gasteiger partial charge in [0, 0.05) is 4.90 Å². The van der Waals surface area contributed by atoms with Crippen LogP contribution in [0.25, 0.3) is 0 Å². The summed E-state index contributed by atoms with van der Waals surface area (Å²) >= 11 is 4.03. The number of benzene rings is 1. The Balaban J connectivity index is 2.84. The molecular formula is C9H10O4S. The Hall–Kier alpha value is -1.04. The van der Waals surface area contributed by atoms with Crippen molar-refractivity contribution in [2.75, 3.05) is 0 Å². The number of aliphatic hydroxyl groups excluding tert-OH is 2. The van der Waals surface area contributed by atoms with Crippen molar-refractivity contribution >= 4 is 18.6 Å². The van der Waals surface area contributed by atoms with Crippen molar-refractivity contribution in [1.82, 2.24) is 0 Å². The summed E-state index contributed by atoms with van der Waals surface area (Å²) in [6, 6.07) is 6.24. The Bertz CT molecular complexity index is 322. The third kappa shape index (κ3) is 2.47. The first kappa shape index (κ1) is 11.0. The molecule has 0 aromatic heterocycles. The molecule has 0 aliphatic carbocycles. The molecule has 0 spiro atoms. The van der Waals surface area contributed by atoms with Crippen LogP contribution < -0.4 is 0 Å². The molecule has 0 amide bonds. The fourth-order valence-corrected chi connectivity index (χ4v) is 1.14. The molecule has 0 aliphatic rings. The van der Waals surface area contributed by atoms with Crippen LogP contribution in [-0.2, 0) is 4.79 Å². The van der Waals surface area contributed by atoms with E-state index in [4.69, 9.17) is 10.2 Å². The SMILES string of the molecule is O=C(O)C(O)C(O)c1ccc(S)cc1. The molecule has 0 saturated heterocycles. The molecule has 2 atom stereocenters. The molecule has 1 aromatic carbocycles. The van der Waals surface area contributed by atoms with Gasteiger partial charge in [0.2, 0.25) is 0 Å². The minimum atomic E-state index is -1.80. The van der Waals surface area contributed by atoms with E-state index in [1.54, 1.807) is 12.1 Å². The molecule has 0 aliphatic heterocycles. The zero-order chi connectivity index (χ0) is 10.7. The van der Waals surface area contributed by atoms with Gasteiger partial charge in [0.25, 0.3) is 0 Å². The Morgan fingerprint density at radius 1 is 1.21 bits per heavy atom. The van der Waals surface area contributed by atoms with Gasteiger partial charge in [-0.1, -0.05) is 12.1 Å². The lowest BCUT2D eigenvalue weighted by Gasteiger charge is -2.13. The van der Waals surface area contributed by atoms with Crippen molar-refractivity contribution in [3.63, 3.8) is 0 Å². The maximum Gasteiger partial charge on any atom is 0.335 e. The lowest BCUT2D eigenvalue weighted by Crippen LogP contribution is -2.27. The Morgan fingerprint density at radius 3 is 2.14 bits per heavy atom. The summed E-state index contributed by atoms with van der Waals surface area (Å²) in [5.41, 5.74) is 0.345. The fraction of sp³-hybridized carbons (Fsp3) is 0.222. The lowest BCUT2D eigenvalue weighted by atomic mass is 10.0. The van der Waals surface area contributed by atoms with E-state index in [9.17, 15) is 9.90 Å². The standard InChI is InChI=1S/C9H10O4S/c10-7(8(11)9(12)13)5-1-3-6(14)4-2-5/h1-4,7-8,10-11,14H,(H,12,13).